The minimum absolute atomic E-state index is 0.165. The predicted octanol–water partition coefficient (Wildman–Crippen LogP) is 3.75. The zero-order chi connectivity index (χ0) is 14.9. The van der Waals surface area contributed by atoms with E-state index in [9.17, 15) is 8.42 Å². The third-order valence-corrected chi connectivity index (χ3v) is 6.22. The second-order valence-electron chi connectivity index (χ2n) is 5.67. The molecule has 1 fully saturated rings. The Morgan fingerprint density at radius 2 is 1.85 bits per heavy atom. The van der Waals surface area contributed by atoms with E-state index in [4.69, 9.17) is 23.2 Å². The van der Waals surface area contributed by atoms with Crippen LogP contribution in [0.5, 0.6) is 0 Å². The quantitative estimate of drug-likeness (QED) is 0.789. The van der Waals surface area contributed by atoms with E-state index in [2.05, 4.69) is 13.8 Å². The molecule has 0 radical (unpaired) electrons. The average molecular weight is 336 g/mol. The molecule has 6 heteroatoms. The first kappa shape index (κ1) is 16.1. The number of piperidine rings is 1. The van der Waals surface area contributed by atoms with Gasteiger partial charge in [0.25, 0.3) is 0 Å². The standard InChI is InChI=1S/C14H19Cl2NO2S/c1-10-5-11(2)9-17(8-10)20(18,19)14-6-12(7-15)3-4-13(14)16/h3-4,6,10-11H,5,7-9H2,1-2H3. The van der Waals surface area contributed by atoms with Crippen LogP contribution in [-0.4, -0.2) is 25.8 Å². The van der Waals surface area contributed by atoms with Crippen LogP contribution >= 0.6 is 23.2 Å². The van der Waals surface area contributed by atoms with E-state index < -0.39 is 10.0 Å². The summed E-state index contributed by atoms with van der Waals surface area (Å²) in [6.45, 7) is 5.26. The molecule has 0 aromatic heterocycles. The van der Waals surface area contributed by atoms with Crippen molar-refractivity contribution in [2.24, 2.45) is 11.8 Å². The van der Waals surface area contributed by atoms with E-state index >= 15 is 0 Å². The van der Waals surface area contributed by atoms with E-state index in [-0.39, 0.29) is 15.8 Å². The highest BCUT2D eigenvalue weighted by molar-refractivity contribution is 7.89. The fourth-order valence-electron chi connectivity index (χ4n) is 2.77. The summed E-state index contributed by atoms with van der Waals surface area (Å²) >= 11 is 11.9. The Morgan fingerprint density at radius 3 is 2.40 bits per heavy atom. The maximum absolute atomic E-state index is 12.8. The van der Waals surface area contributed by atoms with Gasteiger partial charge in [0.2, 0.25) is 10.0 Å². The lowest BCUT2D eigenvalue weighted by Crippen LogP contribution is -2.42. The van der Waals surface area contributed by atoms with Gasteiger partial charge in [-0.15, -0.1) is 11.6 Å². The van der Waals surface area contributed by atoms with Gasteiger partial charge < -0.3 is 0 Å². The van der Waals surface area contributed by atoms with Crippen LogP contribution in [0.2, 0.25) is 5.02 Å². The molecule has 0 aliphatic carbocycles. The molecule has 1 aliphatic rings. The molecular weight excluding hydrogens is 317 g/mol. The van der Waals surface area contributed by atoms with E-state index in [0.717, 1.165) is 12.0 Å². The molecule has 0 amide bonds. The maximum atomic E-state index is 12.8. The van der Waals surface area contributed by atoms with Crippen LogP contribution in [0.3, 0.4) is 0 Å². The molecule has 112 valence electrons. The van der Waals surface area contributed by atoms with Crippen molar-refractivity contribution in [3.05, 3.63) is 28.8 Å². The lowest BCUT2D eigenvalue weighted by atomic mass is 9.94. The summed E-state index contributed by atoms with van der Waals surface area (Å²) in [5.41, 5.74) is 0.757. The predicted molar refractivity (Wildman–Crippen MR) is 82.7 cm³/mol. The van der Waals surface area contributed by atoms with Crippen LogP contribution in [0.1, 0.15) is 25.8 Å². The molecule has 2 unspecified atom stereocenters. The van der Waals surface area contributed by atoms with Crippen molar-refractivity contribution in [2.45, 2.75) is 31.0 Å². The Hall–Kier alpha value is -0.290. The van der Waals surface area contributed by atoms with Crippen LogP contribution in [0.25, 0.3) is 0 Å². The lowest BCUT2D eigenvalue weighted by Gasteiger charge is -2.34. The molecule has 3 nitrogen and oxygen atoms in total. The number of hydrogen-bond acceptors (Lipinski definition) is 2. The zero-order valence-corrected chi connectivity index (χ0v) is 14.0. The van der Waals surface area contributed by atoms with Gasteiger partial charge in [-0.25, -0.2) is 8.42 Å². The van der Waals surface area contributed by atoms with Crippen molar-refractivity contribution >= 4 is 33.2 Å². The van der Waals surface area contributed by atoms with E-state index in [1.165, 1.54) is 0 Å². The minimum atomic E-state index is -3.55. The second-order valence-corrected chi connectivity index (χ2v) is 8.25. The van der Waals surface area contributed by atoms with E-state index in [1.54, 1.807) is 22.5 Å². The first-order valence-electron chi connectivity index (χ1n) is 6.69. The molecule has 1 aromatic carbocycles. The molecule has 0 saturated carbocycles. The molecule has 2 rings (SSSR count). The maximum Gasteiger partial charge on any atom is 0.244 e. The molecule has 2 atom stereocenters. The molecular formula is C14H19Cl2NO2S. The number of rotatable bonds is 3. The molecule has 1 aliphatic heterocycles. The SMILES string of the molecule is CC1CC(C)CN(S(=O)(=O)c2cc(CCl)ccc2Cl)C1. The molecule has 0 bridgehead atoms. The first-order valence-corrected chi connectivity index (χ1v) is 9.04. The highest BCUT2D eigenvalue weighted by atomic mass is 35.5. The van der Waals surface area contributed by atoms with Crippen molar-refractivity contribution in [1.29, 1.82) is 0 Å². The summed E-state index contributed by atoms with van der Waals surface area (Å²) in [5, 5.41) is 0.254. The number of halogens is 2. The molecule has 1 aromatic rings. The Labute approximate surface area is 130 Å². The van der Waals surface area contributed by atoms with Gasteiger partial charge in [-0.1, -0.05) is 31.5 Å². The van der Waals surface area contributed by atoms with Crippen LogP contribution in [-0.2, 0) is 15.9 Å². The van der Waals surface area contributed by atoms with Gasteiger partial charge >= 0.3 is 0 Å². The second kappa shape index (κ2) is 6.22. The van der Waals surface area contributed by atoms with Crippen molar-refractivity contribution < 1.29 is 8.42 Å². The summed E-state index contributed by atoms with van der Waals surface area (Å²) in [7, 11) is -3.55. The van der Waals surface area contributed by atoms with Crippen molar-refractivity contribution in [2.75, 3.05) is 13.1 Å². The average Bonchev–Trinajstić information content (AvgIpc) is 2.38. The zero-order valence-electron chi connectivity index (χ0n) is 11.6. The summed E-state index contributed by atoms with van der Waals surface area (Å²) in [6.07, 6.45) is 1.06. The van der Waals surface area contributed by atoms with Gasteiger partial charge in [0.05, 0.1) is 5.02 Å². The smallest absolute Gasteiger partial charge is 0.207 e. The minimum Gasteiger partial charge on any atom is -0.207 e. The Balaban J connectivity index is 2.39. The van der Waals surface area contributed by atoms with Gasteiger partial charge in [-0.3, -0.25) is 0 Å². The van der Waals surface area contributed by atoms with Crippen molar-refractivity contribution in [1.82, 2.24) is 4.31 Å². The third-order valence-electron chi connectivity index (χ3n) is 3.60. The summed E-state index contributed by atoms with van der Waals surface area (Å²) in [5.74, 6) is 0.999. The van der Waals surface area contributed by atoms with Gasteiger partial charge in [-0.2, -0.15) is 4.31 Å². The summed E-state index contributed by atoms with van der Waals surface area (Å²) in [6, 6.07) is 4.92. The molecule has 20 heavy (non-hydrogen) atoms. The van der Waals surface area contributed by atoms with Crippen LogP contribution in [0.15, 0.2) is 23.1 Å². The topological polar surface area (TPSA) is 37.4 Å². The molecule has 0 N–H and O–H groups in total. The highest BCUT2D eigenvalue weighted by Crippen LogP contribution is 2.30. The van der Waals surface area contributed by atoms with Crippen LogP contribution in [0.4, 0.5) is 0 Å². The van der Waals surface area contributed by atoms with Crippen molar-refractivity contribution in [3.63, 3.8) is 0 Å². The van der Waals surface area contributed by atoms with E-state index in [0.29, 0.717) is 24.9 Å². The Morgan fingerprint density at radius 1 is 1.25 bits per heavy atom. The lowest BCUT2D eigenvalue weighted by molar-refractivity contribution is 0.222. The van der Waals surface area contributed by atoms with E-state index in [1.807, 2.05) is 0 Å². The molecule has 1 saturated heterocycles. The highest BCUT2D eigenvalue weighted by Gasteiger charge is 2.32. The first-order chi connectivity index (χ1) is 9.34. The number of benzene rings is 1. The van der Waals surface area contributed by atoms with Gasteiger partial charge in [0, 0.05) is 19.0 Å². The summed E-state index contributed by atoms with van der Waals surface area (Å²) in [4.78, 5) is 0.165. The Bertz CT molecular complexity index is 579. The Kier molecular flexibility index (Phi) is 5.00. The normalized spacial score (nSPS) is 24.8. The largest absolute Gasteiger partial charge is 0.244 e. The third kappa shape index (κ3) is 3.30. The monoisotopic (exact) mass is 335 g/mol. The van der Waals surface area contributed by atoms with Gasteiger partial charge in [0.1, 0.15) is 4.90 Å². The fourth-order valence-corrected chi connectivity index (χ4v) is 5.14. The number of alkyl halides is 1. The van der Waals surface area contributed by atoms with Gasteiger partial charge in [0.15, 0.2) is 0 Å². The van der Waals surface area contributed by atoms with Crippen molar-refractivity contribution in [3.8, 4) is 0 Å². The summed E-state index contributed by atoms with van der Waals surface area (Å²) < 4.78 is 27.1. The van der Waals surface area contributed by atoms with Crippen LogP contribution in [0, 0.1) is 11.8 Å². The molecule has 0 spiro atoms. The number of sulfonamides is 1. The number of hydrogen-bond donors (Lipinski definition) is 0. The van der Waals surface area contributed by atoms with Gasteiger partial charge in [-0.05, 0) is 36.0 Å². The fraction of sp³-hybridized carbons (Fsp3) is 0.571. The molecule has 1 heterocycles. The number of nitrogens with zero attached hydrogens (tertiary/aromatic N) is 1. The van der Waals surface area contributed by atoms with Crippen LogP contribution < -0.4 is 0 Å².